The second kappa shape index (κ2) is 6.13. The number of likely N-dealkylation sites (N-methyl/N-ethyl adjacent to an activating group) is 1. The van der Waals surface area contributed by atoms with Gasteiger partial charge in [0.05, 0.1) is 16.9 Å². The molecule has 0 saturated heterocycles. The molecule has 102 valence electrons. The molecule has 0 aromatic carbocycles. The average Bonchev–Trinajstić information content (AvgIpc) is 2.35. The lowest BCUT2D eigenvalue weighted by Gasteiger charge is -2.38. The van der Waals surface area contributed by atoms with Crippen LogP contribution in [0.3, 0.4) is 0 Å². The fourth-order valence-electron chi connectivity index (χ4n) is 2.54. The van der Waals surface area contributed by atoms with Crippen molar-refractivity contribution in [3.63, 3.8) is 0 Å². The summed E-state index contributed by atoms with van der Waals surface area (Å²) in [6.45, 7) is 2.18. The SMILES string of the molecule is CCN(CC(N)=O)C(=O)C1(C(N)=S)CCCCC1. The summed E-state index contributed by atoms with van der Waals surface area (Å²) in [5.41, 5.74) is 10.2. The van der Waals surface area contributed by atoms with Crippen molar-refractivity contribution in [3.05, 3.63) is 0 Å². The Bertz CT molecular complexity index is 351. The number of thiocarbonyl (C=S) groups is 1. The molecular weight excluding hydrogens is 250 g/mol. The third-order valence-corrected chi connectivity index (χ3v) is 3.99. The van der Waals surface area contributed by atoms with Crippen LogP contribution in [0.5, 0.6) is 0 Å². The molecule has 18 heavy (non-hydrogen) atoms. The topological polar surface area (TPSA) is 89.4 Å². The first-order valence-corrected chi connectivity index (χ1v) is 6.72. The van der Waals surface area contributed by atoms with Gasteiger partial charge in [0, 0.05) is 6.54 Å². The van der Waals surface area contributed by atoms with Crippen molar-refractivity contribution >= 4 is 29.0 Å². The standard InChI is InChI=1S/C12H21N3O2S/c1-2-15(8-9(13)16)11(17)12(10(14)18)6-4-3-5-7-12/h2-8H2,1H3,(H2,13,16)(H2,14,18). The van der Waals surface area contributed by atoms with Crippen molar-refractivity contribution in [3.8, 4) is 0 Å². The molecule has 0 aromatic heterocycles. The third-order valence-electron chi connectivity index (χ3n) is 3.60. The maximum atomic E-state index is 12.6. The van der Waals surface area contributed by atoms with E-state index >= 15 is 0 Å². The van der Waals surface area contributed by atoms with Crippen molar-refractivity contribution in [2.45, 2.75) is 39.0 Å². The summed E-state index contributed by atoms with van der Waals surface area (Å²) in [6.07, 6.45) is 4.33. The van der Waals surface area contributed by atoms with Crippen molar-refractivity contribution in [2.24, 2.45) is 16.9 Å². The number of amides is 2. The van der Waals surface area contributed by atoms with Gasteiger partial charge in [-0.15, -0.1) is 0 Å². The molecular formula is C12H21N3O2S. The van der Waals surface area contributed by atoms with E-state index in [1.54, 1.807) is 0 Å². The van der Waals surface area contributed by atoms with E-state index in [0.717, 1.165) is 19.3 Å². The van der Waals surface area contributed by atoms with Gasteiger partial charge in [-0.1, -0.05) is 31.5 Å². The molecule has 1 rings (SSSR count). The Morgan fingerprint density at radius 3 is 2.17 bits per heavy atom. The normalized spacial score (nSPS) is 18.1. The van der Waals surface area contributed by atoms with Gasteiger partial charge in [0.2, 0.25) is 11.8 Å². The van der Waals surface area contributed by atoms with Crippen molar-refractivity contribution < 1.29 is 9.59 Å². The first-order valence-electron chi connectivity index (χ1n) is 6.31. The second-order valence-electron chi connectivity index (χ2n) is 4.79. The van der Waals surface area contributed by atoms with Crippen LogP contribution in [0.4, 0.5) is 0 Å². The first kappa shape index (κ1) is 14.9. The lowest BCUT2D eigenvalue weighted by atomic mass is 9.73. The van der Waals surface area contributed by atoms with E-state index in [4.69, 9.17) is 23.7 Å². The number of carbonyl (C=O) groups is 2. The Morgan fingerprint density at radius 2 is 1.78 bits per heavy atom. The van der Waals surface area contributed by atoms with Gasteiger partial charge in [-0.25, -0.2) is 0 Å². The zero-order valence-corrected chi connectivity index (χ0v) is 11.6. The summed E-state index contributed by atoms with van der Waals surface area (Å²) in [5, 5.41) is 0. The molecule has 0 aromatic rings. The number of nitrogens with two attached hydrogens (primary N) is 2. The van der Waals surface area contributed by atoms with E-state index in [0.29, 0.717) is 19.4 Å². The minimum absolute atomic E-state index is 0.0697. The van der Waals surface area contributed by atoms with Crippen molar-refractivity contribution in [1.82, 2.24) is 4.90 Å². The number of carbonyl (C=O) groups excluding carboxylic acids is 2. The van der Waals surface area contributed by atoms with Gasteiger partial charge in [0.15, 0.2) is 0 Å². The molecule has 0 aliphatic heterocycles. The van der Waals surface area contributed by atoms with Crippen LogP contribution >= 0.6 is 12.2 Å². The molecule has 0 radical (unpaired) electrons. The fraction of sp³-hybridized carbons (Fsp3) is 0.750. The van der Waals surface area contributed by atoms with Gasteiger partial charge in [-0.2, -0.15) is 0 Å². The second-order valence-corrected chi connectivity index (χ2v) is 5.23. The maximum absolute atomic E-state index is 12.6. The zero-order chi connectivity index (χ0) is 13.8. The molecule has 6 heteroatoms. The van der Waals surface area contributed by atoms with Gasteiger partial charge in [0.1, 0.15) is 0 Å². The number of primary amides is 1. The van der Waals surface area contributed by atoms with Crippen LogP contribution in [0.2, 0.25) is 0 Å². The molecule has 5 nitrogen and oxygen atoms in total. The van der Waals surface area contributed by atoms with Crippen LogP contribution in [-0.2, 0) is 9.59 Å². The van der Waals surface area contributed by atoms with Crippen LogP contribution in [0, 0.1) is 5.41 Å². The predicted molar refractivity (Wildman–Crippen MR) is 73.8 cm³/mol. The summed E-state index contributed by atoms with van der Waals surface area (Å²) < 4.78 is 0. The summed E-state index contributed by atoms with van der Waals surface area (Å²) in [7, 11) is 0. The van der Waals surface area contributed by atoms with Gasteiger partial charge in [-0.05, 0) is 19.8 Å². The number of rotatable bonds is 5. The molecule has 1 fully saturated rings. The molecule has 1 aliphatic carbocycles. The van der Waals surface area contributed by atoms with Crippen LogP contribution in [0.15, 0.2) is 0 Å². The monoisotopic (exact) mass is 271 g/mol. The Hall–Kier alpha value is -1.17. The number of hydrogen-bond acceptors (Lipinski definition) is 3. The zero-order valence-electron chi connectivity index (χ0n) is 10.8. The molecule has 1 aliphatic rings. The minimum atomic E-state index is -0.765. The lowest BCUT2D eigenvalue weighted by molar-refractivity contribution is -0.142. The van der Waals surface area contributed by atoms with E-state index in [1.165, 1.54) is 4.90 Å². The van der Waals surface area contributed by atoms with Gasteiger partial charge in [0.25, 0.3) is 0 Å². The molecule has 0 unspecified atom stereocenters. The largest absolute Gasteiger partial charge is 0.392 e. The van der Waals surface area contributed by atoms with E-state index in [9.17, 15) is 9.59 Å². The molecule has 1 saturated carbocycles. The molecule has 2 amide bonds. The third kappa shape index (κ3) is 2.98. The van der Waals surface area contributed by atoms with Gasteiger partial charge >= 0.3 is 0 Å². The van der Waals surface area contributed by atoms with Gasteiger partial charge in [-0.3, -0.25) is 9.59 Å². The summed E-state index contributed by atoms with van der Waals surface area (Å²) in [4.78, 5) is 25.3. The number of nitrogens with zero attached hydrogens (tertiary/aromatic N) is 1. The highest BCUT2D eigenvalue weighted by atomic mass is 32.1. The van der Waals surface area contributed by atoms with E-state index in [1.807, 2.05) is 6.92 Å². The summed E-state index contributed by atoms with van der Waals surface area (Å²) >= 11 is 5.10. The maximum Gasteiger partial charge on any atom is 0.237 e. The Labute approximate surface area is 113 Å². The molecule has 4 N–H and O–H groups in total. The van der Waals surface area contributed by atoms with Crippen LogP contribution in [0.1, 0.15) is 39.0 Å². The molecule has 0 atom stereocenters. The van der Waals surface area contributed by atoms with Crippen LogP contribution < -0.4 is 11.5 Å². The molecule has 0 spiro atoms. The van der Waals surface area contributed by atoms with E-state index in [2.05, 4.69) is 0 Å². The first-order chi connectivity index (χ1) is 8.44. The fourth-order valence-corrected chi connectivity index (χ4v) is 2.83. The van der Waals surface area contributed by atoms with Crippen LogP contribution in [-0.4, -0.2) is 34.8 Å². The molecule has 0 bridgehead atoms. The minimum Gasteiger partial charge on any atom is -0.392 e. The molecule has 0 heterocycles. The Morgan fingerprint density at radius 1 is 1.22 bits per heavy atom. The summed E-state index contributed by atoms with van der Waals surface area (Å²) in [5.74, 6) is -0.657. The van der Waals surface area contributed by atoms with Crippen molar-refractivity contribution in [1.29, 1.82) is 0 Å². The van der Waals surface area contributed by atoms with Crippen LogP contribution in [0.25, 0.3) is 0 Å². The Balaban J connectivity index is 2.94. The highest BCUT2D eigenvalue weighted by molar-refractivity contribution is 7.80. The highest BCUT2D eigenvalue weighted by Crippen LogP contribution is 2.38. The van der Waals surface area contributed by atoms with Crippen molar-refractivity contribution in [2.75, 3.05) is 13.1 Å². The quantitative estimate of drug-likeness (QED) is 0.715. The predicted octanol–water partition coefficient (Wildman–Crippen LogP) is 0.557. The average molecular weight is 271 g/mol. The lowest BCUT2D eigenvalue weighted by Crippen LogP contribution is -2.53. The smallest absolute Gasteiger partial charge is 0.237 e. The van der Waals surface area contributed by atoms with E-state index < -0.39 is 11.3 Å². The Kier molecular flexibility index (Phi) is 5.07. The van der Waals surface area contributed by atoms with Gasteiger partial charge < -0.3 is 16.4 Å². The summed E-state index contributed by atoms with van der Waals surface area (Å²) in [6, 6.07) is 0. The highest BCUT2D eigenvalue weighted by Gasteiger charge is 2.44. The van der Waals surface area contributed by atoms with E-state index in [-0.39, 0.29) is 17.4 Å². The number of hydrogen-bond donors (Lipinski definition) is 2.